The van der Waals surface area contributed by atoms with Crippen molar-refractivity contribution in [2.45, 2.75) is 41.2 Å². The van der Waals surface area contributed by atoms with Crippen molar-refractivity contribution < 1.29 is 14.3 Å². The fourth-order valence-electron chi connectivity index (χ4n) is 1.91. The number of halogens is 1. The van der Waals surface area contributed by atoms with Crippen LogP contribution in [0.15, 0.2) is 11.8 Å². The number of allylic oxidation sites excluding steroid dienone is 1. The van der Waals surface area contributed by atoms with Crippen molar-refractivity contribution in [2.24, 2.45) is 5.92 Å². The molecule has 0 radical (unpaired) electrons. The molecule has 1 amide bonds. The van der Waals surface area contributed by atoms with E-state index in [4.69, 9.17) is 16.3 Å². The third-order valence-corrected chi connectivity index (χ3v) is 3.68. The van der Waals surface area contributed by atoms with Gasteiger partial charge in [0.2, 0.25) is 5.91 Å². The van der Waals surface area contributed by atoms with E-state index in [2.05, 4.69) is 10.4 Å². The Hall–Kier alpha value is -1.82. The van der Waals surface area contributed by atoms with Crippen molar-refractivity contribution in [3.63, 3.8) is 0 Å². The first-order valence-electron chi connectivity index (χ1n) is 7.11. The minimum atomic E-state index is -0.474. The Morgan fingerprint density at radius 2 is 2.09 bits per heavy atom. The lowest BCUT2D eigenvalue weighted by Gasteiger charge is -2.13. The first-order chi connectivity index (χ1) is 10.3. The number of rotatable bonds is 6. The predicted molar refractivity (Wildman–Crippen MR) is 84.4 cm³/mol. The molecule has 1 aromatic rings. The van der Waals surface area contributed by atoms with E-state index in [0.717, 1.165) is 11.4 Å². The zero-order valence-electron chi connectivity index (χ0n) is 13.6. The minimum Gasteiger partial charge on any atom is -0.463 e. The van der Waals surface area contributed by atoms with Crippen LogP contribution >= 0.6 is 11.6 Å². The number of hydrogen-bond donors (Lipinski definition) is 1. The molecule has 0 aliphatic heterocycles. The lowest BCUT2D eigenvalue weighted by molar-refractivity contribution is -0.137. The lowest BCUT2D eigenvalue weighted by Crippen LogP contribution is -2.31. The summed E-state index contributed by atoms with van der Waals surface area (Å²) in [5, 5.41) is 7.59. The quantitative estimate of drug-likeness (QED) is 0.643. The summed E-state index contributed by atoms with van der Waals surface area (Å²) in [6, 6.07) is 0. The van der Waals surface area contributed by atoms with Crippen LogP contribution in [-0.2, 0) is 20.9 Å². The molecule has 6 nitrogen and oxygen atoms in total. The maximum atomic E-state index is 12.1. The van der Waals surface area contributed by atoms with E-state index in [1.54, 1.807) is 25.5 Å². The molecular weight excluding hydrogens is 306 g/mol. The summed E-state index contributed by atoms with van der Waals surface area (Å²) in [5.41, 5.74) is 2.02. The number of aromatic nitrogens is 2. The highest BCUT2D eigenvalue weighted by Crippen LogP contribution is 2.19. The van der Waals surface area contributed by atoms with Crippen molar-refractivity contribution >= 4 is 23.5 Å². The fraction of sp³-hybridized carbons (Fsp3) is 0.533. The van der Waals surface area contributed by atoms with E-state index in [1.165, 1.54) is 6.08 Å². The van der Waals surface area contributed by atoms with Gasteiger partial charge in [0, 0.05) is 11.8 Å². The highest BCUT2D eigenvalue weighted by Gasteiger charge is 2.17. The Balaban J connectivity index is 2.65. The summed E-state index contributed by atoms with van der Waals surface area (Å²) in [6.07, 6.45) is 1.26. The van der Waals surface area contributed by atoms with Gasteiger partial charge in [0.15, 0.2) is 0 Å². The van der Waals surface area contributed by atoms with Gasteiger partial charge in [-0.2, -0.15) is 5.10 Å². The normalized spacial score (nSPS) is 12.9. The molecule has 0 aliphatic rings. The second-order valence-electron chi connectivity index (χ2n) is 5.14. The SMILES string of the molecule is CCOC(=O)/C=C(\C)NC(=O)C(C)Cn1nc(C)c(Cl)c1C. The predicted octanol–water partition coefficient (Wildman–Crippen LogP) is 2.37. The van der Waals surface area contributed by atoms with Crippen LogP contribution in [0.4, 0.5) is 0 Å². The van der Waals surface area contributed by atoms with Crippen LogP contribution in [-0.4, -0.2) is 28.3 Å². The molecule has 0 aliphatic carbocycles. The van der Waals surface area contributed by atoms with Gasteiger partial charge >= 0.3 is 5.97 Å². The largest absolute Gasteiger partial charge is 0.463 e. The summed E-state index contributed by atoms with van der Waals surface area (Å²) in [6.45, 7) is 9.55. The van der Waals surface area contributed by atoms with E-state index < -0.39 is 5.97 Å². The number of nitrogens with one attached hydrogen (secondary N) is 1. The van der Waals surface area contributed by atoms with Crippen LogP contribution < -0.4 is 5.32 Å². The maximum Gasteiger partial charge on any atom is 0.332 e. The first-order valence-corrected chi connectivity index (χ1v) is 7.49. The van der Waals surface area contributed by atoms with Gasteiger partial charge in [0.1, 0.15) is 0 Å². The maximum absolute atomic E-state index is 12.1. The standard InChI is InChI=1S/C15H22ClN3O3/c1-6-22-13(20)7-10(3)17-15(21)9(2)8-19-12(5)14(16)11(4)18-19/h7,9H,6,8H2,1-5H3,(H,17,21)/b10-7+. The van der Waals surface area contributed by atoms with Gasteiger partial charge in [0.05, 0.1) is 35.5 Å². The van der Waals surface area contributed by atoms with Gasteiger partial charge in [-0.15, -0.1) is 0 Å². The van der Waals surface area contributed by atoms with E-state index >= 15 is 0 Å². The molecule has 0 fully saturated rings. The average molecular weight is 328 g/mol. The highest BCUT2D eigenvalue weighted by molar-refractivity contribution is 6.31. The van der Waals surface area contributed by atoms with Gasteiger partial charge in [-0.25, -0.2) is 4.79 Å². The molecule has 122 valence electrons. The van der Waals surface area contributed by atoms with Gasteiger partial charge < -0.3 is 10.1 Å². The second-order valence-corrected chi connectivity index (χ2v) is 5.51. The van der Waals surface area contributed by atoms with Gasteiger partial charge in [-0.1, -0.05) is 18.5 Å². The number of amides is 1. The monoisotopic (exact) mass is 327 g/mol. The molecule has 0 aromatic carbocycles. The van der Waals surface area contributed by atoms with Crippen molar-refractivity contribution in [1.29, 1.82) is 0 Å². The highest BCUT2D eigenvalue weighted by atomic mass is 35.5. The topological polar surface area (TPSA) is 73.2 Å². The Morgan fingerprint density at radius 1 is 1.45 bits per heavy atom. The van der Waals surface area contributed by atoms with Crippen LogP contribution in [0, 0.1) is 19.8 Å². The van der Waals surface area contributed by atoms with Crippen molar-refractivity contribution in [1.82, 2.24) is 15.1 Å². The zero-order chi connectivity index (χ0) is 16.9. The van der Waals surface area contributed by atoms with Crippen LogP contribution in [0.3, 0.4) is 0 Å². The van der Waals surface area contributed by atoms with E-state index in [-0.39, 0.29) is 11.8 Å². The molecular formula is C15H22ClN3O3. The fourth-order valence-corrected chi connectivity index (χ4v) is 2.04. The molecule has 1 unspecified atom stereocenters. The summed E-state index contributed by atoms with van der Waals surface area (Å²) in [4.78, 5) is 23.4. The summed E-state index contributed by atoms with van der Waals surface area (Å²) >= 11 is 6.09. The number of carbonyl (C=O) groups excluding carboxylic acids is 2. The Labute approximate surface area is 135 Å². The molecule has 1 atom stereocenters. The van der Waals surface area contributed by atoms with Gasteiger partial charge in [-0.3, -0.25) is 9.48 Å². The number of esters is 1. The van der Waals surface area contributed by atoms with Crippen LogP contribution in [0.5, 0.6) is 0 Å². The first kappa shape index (κ1) is 18.2. The molecule has 1 N–H and O–H groups in total. The third kappa shape index (κ3) is 4.87. The Bertz CT molecular complexity index is 593. The lowest BCUT2D eigenvalue weighted by atomic mass is 10.1. The molecule has 7 heteroatoms. The number of ether oxygens (including phenoxy) is 1. The van der Waals surface area contributed by atoms with Crippen LogP contribution in [0.25, 0.3) is 0 Å². The van der Waals surface area contributed by atoms with Crippen LogP contribution in [0.2, 0.25) is 5.02 Å². The smallest absolute Gasteiger partial charge is 0.332 e. The van der Waals surface area contributed by atoms with Gasteiger partial charge in [0.25, 0.3) is 0 Å². The molecule has 0 spiro atoms. The average Bonchev–Trinajstić information content (AvgIpc) is 2.66. The molecule has 0 saturated heterocycles. The Kier molecular flexibility index (Phi) is 6.61. The van der Waals surface area contributed by atoms with E-state index in [1.807, 2.05) is 13.8 Å². The zero-order valence-corrected chi connectivity index (χ0v) is 14.3. The van der Waals surface area contributed by atoms with Gasteiger partial charge in [-0.05, 0) is 27.7 Å². The summed E-state index contributed by atoms with van der Waals surface area (Å²) in [7, 11) is 0. The number of hydrogen-bond acceptors (Lipinski definition) is 4. The van der Waals surface area contributed by atoms with Crippen LogP contribution in [0.1, 0.15) is 32.2 Å². The molecule has 1 heterocycles. The number of aryl methyl sites for hydroxylation is 1. The summed E-state index contributed by atoms with van der Waals surface area (Å²) < 4.78 is 6.50. The van der Waals surface area contributed by atoms with Crippen molar-refractivity contribution in [3.05, 3.63) is 28.2 Å². The molecule has 0 saturated carbocycles. The summed E-state index contributed by atoms with van der Waals surface area (Å²) in [5.74, 6) is -0.986. The molecule has 22 heavy (non-hydrogen) atoms. The molecule has 1 rings (SSSR count). The third-order valence-electron chi connectivity index (χ3n) is 3.13. The van der Waals surface area contributed by atoms with E-state index in [0.29, 0.717) is 23.9 Å². The molecule has 0 bridgehead atoms. The van der Waals surface area contributed by atoms with Crippen molar-refractivity contribution in [2.75, 3.05) is 6.61 Å². The minimum absolute atomic E-state index is 0.193. The Morgan fingerprint density at radius 3 is 2.59 bits per heavy atom. The number of nitrogens with zero attached hydrogens (tertiary/aromatic N) is 2. The number of carbonyl (C=O) groups is 2. The van der Waals surface area contributed by atoms with Crippen molar-refractivity contribution in [3.8, 4) is 0 Å². The molecule has 1 aromatic heterocycles. The second kappa shape index (κ2) is 7.98. The van der Waals surface area contributed by atoms with E-state index in [9.17, 15) is 9.59 Å².